The maximum Gasteiger partial charge on any atom is 0.227 e. The number of carbonyl (C=O) groups is 1. The number of likely N-dealkylation sites (tertiary alicyclic amines) is 1. The van der Waals surface area contributed by atoms with Crippen molar-refractivity contribution in [3.63, 3.8) is 0 Å². The molecule has 0 radical (unpaired) electrons. The zero-order valence-corrected chi connectivity index (χ0v) is 12.2. The third-order valence-corrected chi connectivity index (χ3v) is 4.61. The van der Waals surface area contributed by atoms with Crippen molar-refractivity contribution in [1.82, 2.24) is 4.90 Å². The van der Waals surface area contributed by atoms with E-state index in [1.807, 2.05) is 6.92 Å². The Morgan fingerprint density at radius 2 is 2.00 bits per heavy atom. The smallest absolute Gasteiger partial charge is 0.227 e. The van der Waals surface area contributed by atoms with Crippen molar-refractivity contribution in [3.8, 4) is 0 Å². The molecule has 1 fully saturated rings. The van der Waals surface area contributed by atoms with Crippen LogP contribution < -0.4 is 0 Å². The molecular weight excluding hydrogens is 276 g/mol. The summed E-state index contributed by atoms with van der Waals surface area (Å²) in [4.78, 5) is 13.9. The van der Waals surface area contributed by atoms with Crippen LogP contribution in [0.1, 0.15) is 31.7 Å². The topological polar surface area (TPSA) is 40.5 Å². The summed E-state index contributed by atoms with van der Waals surface area (Å²) in [5.41, 5.74) is -0.00423. The number of rotatable bonds is 4. The number of amides is 1. The first-order valence-electron chi connectivity index (χ1n) is 7.32. The van der Waals surface area contributed by atoms with Gasteiger partial charge < -0.3 is 10.0 Å². The van der Waals surface area contributed by atoms with Crippen molar-refractivity contribution in [2.75, 3.05) is 19.7 Å². The molecule has 21 heavy (non-hydrogen) atoms. The molecule has 1 aliphatic rings. The van der Waals surface area contributed by atoms with Gasteiger partial charge in [0.15, 0.2) is 0 Å². The van der Waals surface area contributed by atoms with Crippen LogP contribution in [0, 0.1) is 17.0 Å². The molecule has 1 amide bonds. The van der Waals surface area contributed by atoms with Gasteiger partial charge in [0, 0.05) is 25.3 Å². The summed E-state index contributed by atoms with van der Waals surface area (Å²) in [5.74, 6) is -1.29. The molecule has 0 aromatic heterocycles. The number of hydrogen-bond donors (Lipinski definition) is 1. The monoisotopic (exact) mass is 297 g/mol. The average molecular weight is 297 g/mol. The summed E-state index contributed by atoms with van der Waals surface area (Å²) in [6.45, 7) is 3.29. The number of halogens is 2. The Morgan fingerprint density at radius 1 is 1.33 bits per heavy atom. The second-order valence-electron chi connectivity index (χ2n) is 5.80. The van der Waals surface area contributed by atoms with Gasteiger partial charge in [-0.25, -0.2) is 8.78 Å². The summed E-state index contributed by atoms with van der Waals surface area (Å²) in [5, 5.41) is 9.47. The Labute approximate surface area is 123 Å². The predicted molar refractivity (Wildman–Crippen MR) is 75.7 cm³/mol. The van der Waals surface area contributed by atoms with E-state index in [4.69, 9.17) is 0 Å². The van der Waals surface area contributed by atoms with Gasteiger partial charge in [0.2, 0.25) is 5.91 Å². The van der Waals surface area contributed by atoms with Crippen LogP contribution >= 0.6 is 0 Å². The Balaban J connectivity index is 1.98. The van der Waals surface area contributed by atoms with Gasteiger partial charge in [-0.1, -0.05) is 6.92 Å². The maximum absolute atomic E-state index is 13.6. The average Bonchev–Trinajstić information content (AvgIpc) is 2.51. The molecule has 0 bridgehead atoms. The molecule has 0 saturated carbocycles. The molecule has 0 atom stereocenters. The van der Waals surface area contributed by atoms with Gasteiger partial charge in [-0.05, 0) is 42.9 Å². The van der Waals surface area contributed by atoms with Crippen LogP contribution in [0.3, 0.4) is 0 Å². The molecule has 116 valence electrons. The molecule has 0 aliphatic carbocycles. The highest BCUT2D eigenvalue weighted by molar-refractivity contribution is 5.79. The van der Waals surface area contributed by atoms with Gasteiger partial charge in [0.25, 0.3) is 0 Å². The normalized spacial score (nSPS) is 17.8. The lowest BCUT2D eigenvalue weighted by molar-refractivity contribution is -0.133. The Bertz CT molecular complexity index is 505. The van der Waals surface area contributed by atoms with Gasteiger partial charge in [-0.15, -0.1) is 0 Å². The van der Waals surface area contributed by atoms with E-state index in [-0.39, 0.29) is 29.9 Å². The maximum atomic E-state index is 13.6. The number of nitrogens with zero attached hydrogens (tertiary/aromatic N) is 1. The summed E-state index contributed by atoms with van der Waals surface area (Å²) in [6.07, 6.45) is 2.25. The molecule has 2 rings (SSSR count). The Kier molecular flexibility index (Phi) is 4.93. The van der Waals surface area contributed by atoms with E-state index in [1.165, 1.54) is 0 Å². The minimum absolute atomic E-state index is 0.0921. The zero-order chi connectivity index (χ0) is 15.5. The van der Waals surface area contributed by atoms with Gasteiger partial charge in [-0.3, -0.25) is 4.79 Å². The second kappa shape index (κ2) is 6.52. The third kappa shape index (κ3) is 3.59. The lowest BCUT2D eigenvalue weighted by Gasteiger charge is -2.40. The SMILES string of the molecule is CCC1(CO)CCN(C(=O)Cc2cc(F)ccc2F)CC1. The highest BCUT2D eigenvalue weighted by Crippen LogP contribution is 2.34. The molecule has 1 heterocycles. The van der Waals surface area contributed by atoms with Crippen LogP contribution in [0.15, 0.2) is 18.2 Å². The Hall–Kier alpha value is -1.49. The first-order chi connectivity index (χ1) is 9.99. The molecule has 1 N–H and O–H groups in total. The summed E-state index contributed by atoms with van der Waals surface area (Å²) in [7, 11) is 0. The van der Waals surface area contributed by atoms with Crippen LogP contribution in [-0.2, 0) is 11.2 Å². The van der Waals surface area contributed by atoms with E-state index in [9.17, 15) is 18.7 Å². The van der Waals surface area contributed by atoms with Crippen LogP contribution in [0.25, 0.3) is 0 Å². The zero-order valence-electron chi connectivity index (χ0n) is 12.2. The minimum atomic E-state index is -0.556. The van der Waals surface area contributed by atoms with E-state index < -0.39 is 11.6 Å². The van der Waals surface area contributed by atoms with Crippen LogP contribution in [-0.4, -0.2) is 35.6 Å². The summed E-state index contributed by atoms with van der Waals surface area (Å²) in [6, 6.07) is 3.16. The van der Waals surface area contributed by atoms with Crippen molar-refractivity contribution in [1.29, 1.82) is 0 Å². The van der Waals surface area contributed by atoms with E-state index in [2.05, 4.69) is 0 Å². The standard InChI is InChI=1S/C16H21F2NO2/c1-2-16(11-20)5-7-19(8-6-16)15(21)10-12-9-13(17)3-4-14(12)18/h3-4,9,20H,2,5-8,10-11H2,1H3. The molecule has 1 aromatic carbocycles. The van der Waals surface area contributed by atoms with Crippen LogP contribution in [0.4, 0.5) is 8.78 Å². The van der Waals surface area contributed by atoms with Gasteiger partial charge in [0.1, 0.15) is 11.6 Å². The lowest BCUT2D eigenvalue weighted by Crippen LogP contribution is -2.45. The number of aliphatic hydroxyl groups is 1. The van der Waals surface area contributed by atoms with E-state index in [0.29, 0.717) is 13.1 Å². The van der Waals surface area contributed by atoms with Gasteiger partial charge >= 0.3 is 0 Å². The van der Waals surface area contributed by atoms with Crippen molar-refractivity contribution in [2.24, 2.45) is 5.41 Å². The fourth-order valence-corrected chi connectivity index (χ4v) is 2.81. The van der Waals surface area contributed by atoms with Crippen molar-refractivity contribution >= 4 is 5.91 Å². The fourth-order valence-electron chi connectivity index (χ4n) is 2.81. The largest absolute Gasteiger partial charge is 0.396 e. The van der Waals surface area contributed by atoms with Crippen molar-refractivity contribution in [2.45, 2.75) is 32.6 Å². The summed E-state index contributed by atoms with van der Waals surface area (Å²) >= 11 is 0. The first-order valence-corrected chi connectivity index (χ1v) is 7.32. The van der Waals surface area contributed by atoms with E-state index in [0.717, 1.165) is 37.5 Å². The number of benzene rings is 1. The molecule has 0 unspecified atom stereocenters. The Morgan fingerprint density at radius 3 is 2.57 bits per heavy atom. The number of piperidine rings is 1. The molecule has 5 heteroatoms. The predicted octanol–water partition coefficient (Wildman–Crippen LogP) is 2.52. The number of carbonyl (C=O) groups excluding carboxylic acids is 1. The molecule has 1 aromatic rings. The molecule has 1 saturated heterocycles. The highest BCUT2D eigenvalue weighted by atomic mass is 19.1. The first kappa shape index (κ1) is 15.9. The van der Waals surface area contributed by atoms with Crippen molar-refractivity contribution < 1.29 is 18.7 Å². The second-order valence-corrected chi connectivity index (χ2v) is 5.80. The van der Waals surface area contributed by atoms with Crippen LogP contribution in [0.5, 0.6) is 0 Å². The summed E-state index contributed by atoms with van der Waals surface area (Å²) < 4.78 is 26.7. The van der Waals surface area contributed by atoms with Gasteiger partial charge in [-0.2, -0.15) is 0 Å². The molecule has 1 aliphatic heterocycles. The quantitative estimate of drug-likeness (QED) is 0.927. The minimum Gasteiger partial charge on any atom is -0.396 e. The number of hydrogen-bond acceptors (Lipinski definition) is 2. The molecular formula is C16H21F2NO2. The van der Waals surface area contributed by atoms with Gasteiger partial charge in [0.05, 0.1) is 6.42 Å². The fraction of sp³-hybridized carbons (Fsp3) is 0.562. The van der Waals surface area contributed by atoms with E-state index in [1.54, 1.807) is 4.90 Å². The lowest BCUT2D eigenvalue weighted by atomic mass is 9.77. The molecule has 0 spiro atoms. The highest BCUT2D eigenvalue weighted by Gasteiger charge is 2.33. The molecule has 3 nitrogen and oxygen atoms in total. The third-order valence-electron chi connectivity index (χ3n) is 4.61. The van der Waals surface area contributed by atoms with Crippen LogP contribution in [0.2, 0.25) is 0 Å². The number of aliphatic hydroxyl groups excluding tert-OH is 1. The van der Waals surface area contributed by atoms with E-state index >= 15 is 0 Å². The van der Waals surface area contributed by atoms with Crippen molar-refractivity contribution in [3.05, 3.63) is 35.4 Å².